The largest absolute Gasteiger partial charge is 0.473 e. The molecule has 3 nitrogen and oxygen atoms in total. The Morgan fingerprint density at radius 1 is 1.41 bits per heavy atom. The third-order valence-electron chi connectivity index (χ3n) is 2.60. The second-order valence-electron chi connectivity index (χ2n) is 3.97. The Morgan fingerprint density at radius 3 is 2.88 bits per heavy atom. The van der Waals surface area contributed by atoms with E-state index in [2.05, 4.69) is 10.3 Å². The number of piperidine rings is 1. The van der Waals surface area contributed by atoms with Crippen LogP contribution in [0.5, 0.6) is 5.88 Å². The zero-order valence-corrected chi connectivity index (χ0v) is 9.13. The van der Waals surface area contributed by atoms with Gasteiger partial charge in [0.15, 0.2) is 0 Å². The first-order valence-electron chi connectivity index (χ1n) is 5.46. The molecule has 1 aromatic rings. The van der Waals surface area contributed by atoms with Crippen LogP contribution in [0, 0.1) is 0 Å². The van der Waals surface area contributed by atoms with Gasteiger partial charge in [0.2, 0.25) is 5.88 Å². The van der Waals surface area contributed by atoms with Crippen LogP contribution in [0.25, 0.3) is 0 Å². The van der Waals surface area contributed by atoms with Crippen LogP contribution >= 0.6 is 0 Å². The molecule has 0 saturated carbocycles. The van der Waals surface area contributed by atoms with E-state index in [-0.39, 0.29) is 12.0 Å². The van der Waals surface area contributed by atoms with Crippen LogP contribution in [0.3, 0.4) is 0 Å². The van der Waals surface area contributed by atoms with E-state index in [4.69, 9.17) is 4.74 Å². The molecule has 1 aliphatic heterocycles. The van der Waals surface area contributed by atoms with Crippen LogP contribution in [-0.4, -0.2) is 24.2 Å². The molecule has 0 unspecified atom stereocenters. The van der Waals surface area contributed by atoms with Gasteiger partial charge in [-0.25, -0.2) is 4.98 Å². The van der Waals surface area contributed by atoms with Gasteiger partial charge in [-0.2, -0.15) is 13.2 Å². The highest BCUT2D eigenvalue weighted by Crippen LogP contribution is 2.30. The van der Waals surface area contributed by atoms with Crippen molar-refractivity contribution in [3.63, 3.8) is 0 Å². The minimum Gasteiger partial charge on any atom is -0.473 e. The van der Waals surface area contributed by atoms with Crippen LogP contribution in [-0.2, 0) is 6.18 Å². The molecule has 0 radical (unpaired) electrons. The van der Waals surface area contributed by atoms with Crippen molar-refractivity contribution in [2.75, 3.05) is 13.1 Å². The van der Waals surface area contributed by atoms with Gasteiger partial charge in [-0.3, -0.25) is 0 Å². The van der Waals surface area contributed by atoms with Gasteiger partial charge in [-0.15, -0.1) is 0 Å². The molecule has 0 bridgehead atoms. The number of pyridine rings is 1. The molecule has 2 rings (SSSR count). The number of rotatable bonds is 2. The second-order valence-corrected chi connectivity index (χ2v) is 3.97. The smallest absolute Gasteiger partial charge is 0.416 e. The highest BCUT2D eigenvalue weighted by Gasteiger charge is 2.31. The number of hydrogen-bond acceptors (Lipinski definition) is 3. The van der Waals surface area contributed by atoms with Gasteiger partial charge >= 0.3 is 6.18 Å². The maximum Gasteiger partial charge on any atom is 0.416 e. The third kappa shape index (κ3) is 3.33. The number of nitrogens with zero attached hydrogens (tertiary/aromatic N) is 1. The van der Waals surface area contributed by atoms with Crippen LogP contribution in [0.4, 0.5) is 13.2 Å². The zero-order valence-electron chi connectivity index (χ0n) is 9.13. The summed E-state index contributed by atoms with van der Waals surface area (Å²) in [5, 5.41) is 3.12. The zero-order chi connectivity index (χ0) is 12.3. The highest BCUT2D eigenvalue weighted by atomic mass is 19.4. The number of nitrogens with one attached hydrogen (secondary N) is 1. The van der Waals surface area contributed by atoms with Crippen molar-refractivity contribution in [3.8, 4) is 5.88 Å². The van der Waals surface area contributed by atoms with Crippen molar-refractivity contribution < 1.29 is 17.9 Å². The average molecular weight is 246 g/mol. The van der Waals surface area contributed by atoms with Gasteiger partial charge in [0, 0.05) is 18.8 Å². The maximum atomic E-state index is 12.5. The summed E-state index contributed by atoms with van der Waals surface area (Å²) in [5.41, 5.74) is -0.730. The van der Waals surface area contributed by atoms with E-state index >= 15 is 0 Å². The van der Waals surface area contributed by atoms with Crippen molar-refractivity contribution in [2.45, 2.75) is 25.1 Å². The lowest BCUT2D eigenvalue weighted by atomic mass is 10.1. The van der Waals surface area contributed by atoms with E-state index in [1.165, 1.54) is 0 Å². The minimum absolute atomic E-state index is 0.0357. The molecule has 94 valence electrons. The minimum atomic E-state index is -4.36. The Bertz CT molecular complexity index is 375. The highest BCUT2D eigenvalue weighted by molar-refractivity contribution is 5.23. The molecule has 1 N–H and O–H groups in total. The van der Waals surface area contributed by atoms with Crippen LogP contribution in [0.15, 0.2) is 18.3 Å². The van der Waals surface area contributed by atoms with Crippen molar-refractivity contribution in [3.05, 3.63) is 23.9 Å². The first-order valence-corrected chi connectivity index (χ1v) is 5.46. The Balaban J connectivity index is 2.05. The summed E-state index contributed by atoms with van der Waals surface area (Å²) in [5.74, 6) is 0.0357. The van der Waals surface area contributed by atoms with Gasteiger partial charge < -0.3 is 10.1 Å². The van der Waals surface area contributed by atoms with Gasteiger partial charge in [0.25, 0.3) is 0 Å². The summed E-state index contributed by atoms with van der Waals surface area (Å²) < 4.78 is 42.8. The number of aromatic nitrogens is 1. The van der Waals surface area contributed by atoms with Crippen molar-refractivity contribution in [1.29, 1.82) is 0 Å². The normalized spacial score (nSPS) is 21.2. The number of halogens is 3. The van der Waals surface area contributed by atoms with E-state index in [0.29, 0.717) is 6.54 Å². The van der Waals surface area contributed by atoms with Gasteiger partial charge in [-0.05, 0) is 25.5 Å². The molecule has 1 saturated heterocycles. The molecular formula is C11H13F3N2O. The summed E-state index contributed by atoms with van der Waals surface area (Å²) in [6.07, 6.45) is -1.53. The molecule has 2 heterocycles. The molecule has 0 aromatic carbocycles. The Morgan fingerprint density at radius 2 is 2.24 bits per heavy atom. The van der Waals surface area contributed by atoms with Crippen LogP contribution in [0.2, 0.25) is 0 Å². The SMILES string of the molecule is FC(F)(F)c1ccnc(O[C@H]2CCCNC2)c1. The lowest BCUT2D eigenvalue weighted by molar-refractivity contribution is -0.137. The van der Waals surface area contributed by atoms with E-state index in [9.17, 15) is 13.2 Å². The van der Waals surface area contributed by atoms with E-state index in [0.717, 1.165) is 37.7 Å². The Hall–Kier alpha value is -1.30. The fourth-order valence-electron chi connectivity index (χ4n) is 1.74. The summed E-state index contributed by atoms with van der Waals surface area (Å²) >= 11 is 0. The number of alkyl halides is 3. The quantitative estimate of drug-likeness (QED) is 0.868. The fourth-order valence-corrected chi connectivity index (χ4v) is 1.74. The third-order valence-corrected chi connectivity index (χ3v) is 2.60. The first-order chi connectivity index (χ1) is 8.05. The van der Waals surface area contributed by atoms with Crippen molar-refractivity contribution in [1.82, 2.24) is 10.3 Å². The van der Waals surface area contributed by atoms with Gasteiger partial charge in [-0.1, -0.05) is 0 Å². The molecule has 1 atom stereocenters. The lowest BCUT2D eigenvalue weighted by Crippen LogP contribution is -2.37. The Kier molecular flexibility index (Phi) is 3.51. The molecule has 6 heteroatoms. The van der Waals surface area contributed by atoms with E-state index < -0.39 is 11.7 Å². The summed E-state index contributed by atoms with van der Waals surface area (Å²) in [7, 11) is 0. The average Bonchev–Trinajstić information content (AvgIpc) is 2.29. The van der Waals surface area contributed by atoms with E-state index in [1.807, 2.05) is 0 Å². The fraction of sp³-hybridized carbons (Fsp3) is 0.545. The van der Waals surface area contributed by atoms with Gasteiger partial charge in [0.05, 0.1) is 5.56 Å². The van der Waals surface area contributed by atoms with E-state index in [1.54, 1.807) is 0 Å². The second kappa shape index (κ2) is 4.91. The molecule has 1 aromatic heterocycles. The lowest BCUT2D eigenvalue weighted by Gasteiger charge is -2.23. The topological polar surface area (TPSA) is 34.1 Å². The first kappa shape index (κ1) is 12.2. The maximum absolute atomic E-state index is 12.5. The van der Waals surface area contributed by atoms with Crippen LogP contribution < -0.4 is 10.1 Å². The molecular weight excluding hydrogens is 233 g/mol. The summed E-state index contributed by atoms with van der Waals surface area (Å²) in [6, 6.07) is 1.88. The molecule has 17 heavy (non-hydrogen) atoms. The molecule has 0 amide bonds. The number of ether oxygens (including phenoxy) is 1. The monoisotopic (exact) mass is 246 g/mol. The standard InChI is InChI=1S/C11H13F3N2O/c12-11(13,14)8-3-5-16-10(6-8)17-9-2-1-4-15-7-9/h3,5-6,9,15H,1-2,4,7H2/t9-/m0/s1. The predicted octanol–water partition coefficient (Wildman–Crippen LogP) is 2.23. The summed E-state index contributed by atoms with van der Waals surface area (Å²) in [6.45, 7) is 1.58. The molecule has 0 aliphatic carbocycles. The molecule has 1 fully saturated rings. The van der Waals surface area contributed by atoms with Gasteiger partial charge in [0.1, 0.15) is 6.10 Å². The molecule has 1 aliphatic rings. The van der Waals surface area contributed by atoms with Crippen molar-refractivity contribution >= 4 is 0 Å². The summed E-state index contributed by atoms with van der Waals surface area (Å²) in [4.78, 5) is 3.80. The molecule has 0 spiro atoms. The number of hydrogen-bond donors (Lipinski definition) is 1. The van der Waals surface area contributed by atoms with Crippen LogP contribution in [0.1, 0.15) is 18.4 Å². The predicted molar refractivity (Wildman–Crippen MR) is 55.8 cm³/mol. The Labute approximate surface area is 97.0 Å². The van der Waals surface area contributed by atoms with Crippen molar-refractivity contribution in [2.24, 2.45) is 0 Å².